The van der Waals surface area contributed by atoms with Gasteiger partial charge in [0.25, 0.3) is 5.91 Å². The molecule has 0 heterocycles. The SMILES string of the molecule is Cc1ccc(C(=O)N(C)CC2CC2)c(NN)c1. The third kappa shape index (κ3) is 2.77. The molecule has 1 aromatic rings. The highest BCUT2D eigenvalue weighted by atomic mass is 16.2. The summed E-state index contributed by atoms with van der Waals surface area (Å²) in [5.74, 6) is 6.18. The monoisotopic (exact) mass is 233 g/mol. The number of amides is 1. The second-order valence-corrected chi connectivity index (χ2v) is 4.82. The number of benzene rings is 1. The molecule has 1 aliphatic rings. The molecule has 1 aliphatic carbocycles. The van der Waals surface area contributed by atoms with Gasteiger partial charge < -0.3 is 10.3 Å². The lowest BCUT2D eigenvalue weighted by molar-refractivity contribution is 0.0789. The minimum atomic E-state index is 0.0323. The summed E-state index contributed by atoms with van der Waals surface area (Å²) in [5.41, 5.74) is 5.01. The van der Waals surface area contributed by atoms with Crippen LogP contribution < -0.4 is 11.3 Å². The van der Waals surface area contributed by atoms with Crippen LogP contribution in [0.15, 0.2) is 18.2 Å². The van der Waals surface area contributed by atoms with E-state index in [-0.39, 0.29) is 5.91 Å². The van der Waals surface area contributed by atoms with Gasteiger partial charge in [-0.05, 0) is 43.4 Å². The molecule has 0 aromatic heterocycles. The van der Waals surface area contributed by atoms with E-state index in [1.165, 1.54) is 12.8 Å². The number of anilines is 1. The second kappa shape index (κ2) is 4.75. The molecule has 1 saturated carbocycles. The molecular weight excluding hydrogens is 214 g/mol. The van der Waals surface area contributed by atoms with E-state index in [4.69, 9.17) is 5.84 Å². The third-order valence-corrected chi connectivity index (χ3v) is 3.14. The molecule has 4 heteroatoms. The fourth-order valence-corrected chi connectivity index (χ4v) is 1.94. The fourth-order valence-electron chi connectivity index (χ4n) is 1.94. The number of rotatable bonds is 4. The highest BCUT2D eigenvalue weighted by Crippen LogP contribution is 2.30. The Labute approximate surface area is 102 Å². The molecule has 4 nitrogen and oxygen atoms in total. The van der Waals surface area contributed by atoms with Crippen molar-refractivity contribution in [3.63, 3.8) is 0 Å². The minimum absolute atomic E-state index is 0.0323. The molecular formula is C13H19N3O. The molecule has 1 amide bonds. The maximum atomic E-state index is 12.2. The molecule has 0 aliphatic heterocycles. The van der Waals surface area contributed by atoms with E-state index in [1.807, 2.05) is 32.2 Å². The van der Waals surface area contributed by atoms with Crippen molar-refractivity contribution in [1.29, 1.82) is 0 Å². The summed E-state index contributed by atoms with van der Waals surface area (Å²) in [6.45, 7) is 2.82. The summed E-state index contributed by atoms with van der Waals surface area (Å²) in [6, 6.07) is 5.65. The fraction of sp³-hybridized carbons (Fsp3) is 0.462. The van der Waals surface area contributed by atoms with Crippen LogP contribution in [0.5, 0.6) is 0 Å². The number of hydrazine groups is 1. The average molecular weight is 233 g/mol. The number of nitrogens with one attached hydrogen (secondary N) is 1. The summed E-state index contributed by atoms with van der Waals surface area (Å²) in [5, 5.41) is 0. The molecule has 0 saturated heterocycles. The van der Waals surface area contributed by atoms with Crippen LogP contribution in [-0.2, 0) is 0 Å². The summed E-state index contributed by atoms with van der Waals surface area (Å²) < 4.78 is 0. The number of hydrogen-bond acceptors (Lipinski definition) is 3. The smallest absolute Gasteiger partial charge is 0.255 e. The van der Waals surface area contributed by atoms with Crippen LogP contribution >= 0.6 is 0 Å². The first-order valence-corrected chi connectivity index (χ1v) is 5.94. The molecule has 0 bridgehead atoms. The van der Waals surface area contributed by atoms with Crippen LogP contribution in [0.4, 0.5) is 5.69 Å². The van der Waals surface area contributed by atoms with E-state index in [0.717, 1.165) is 12.1 Å². The Morgan fingerprint density at radius 1 is 1.53 bits per heavy atom. The standard InChI is InChI=1S/C13H19N3O/c1-9-3-6-11(12(7-9)15-14)13(17)16(2)8-10-4-5-10/h3,6-7,10,15H,4-5,8,14H2,1-2H3. The lowest BCUT2D eigenvalue weighted by Gasteiger charge is -2.18. The maximum absolute atomic E-state index is 12.2. The molecule has 1 fully saturated rings. The van der Waals surface area contributed by atoms with Gasteiger partial charge >= 0.3 is 0 Å². The molecule has 0 spiro atoms. The molecule has 1 aromatic carbocycles. The quantitative estimate of drug-likeness (QED) is 0.615. The summed E-state index contributed by atoms with van der Waals surface area (Å²) in [4.78, 5) is 14.0. The molecule has 17 heavy (non-hydrogen) atoms. The molecule has 2 rings (SSSR count). The van der Waals surface area contributed by atoms with E-state index in [0.29, 0.717) is 17.2 Å². The average Bonchev–Trinajstić information content (AvgIpc) is 3.11. The predicted octanol–water partition coefficient (Wildman–Crippen LogP) is 1.76. The Hall–Kier alpha value is -1.55. The van der Waals surface area contributed by atoms with Crippen LogP contribution in [0, 0.1) is 12.8 Å². The Kier molecular flexibility index (Phi) is 3.33. The Balaban J connectivity index is 2.16. The van der Waals surface area contributed by atoms with E-state index < -0.39 is 0 Å². The summed E-state index contributed by atoms with van der Waals surface area (Å²) in [7, 11) is 1.85. The largest absolute Gasteiger partial charge is 0.341 e. The number of nitrogens with zero attached hydrogens (tertiary/aromatic N) is 1. The number of aryl methyl sites for hydroxylation is 1. The van der Waals surface area contributed by atoms with Crippen LogP contribution in [0.1, 0.15) is 28.8 Å². The van der Waals surface area contributed by atoms with Gasteiger partial charge in [0.05, 0.1) is 11.3 Å². The molecule has 3 N–H and O–H groups in total. The van der Waals surface area contributed by atoms with Crippen LogP contribution in [0.2, 0.25) is 0 Å². The molecule has 0 atom stereocenters. The Morgan fingerprint density at radius 3 is 2.82 bits per heavy atom. The Morgan fingerprint density at radius 2 is 2.24 bits per heavy atom. The van der Waals surface area contributed by atoms with E-state index in [2.05, 4.69) is 5.43 Å². The number of carbonyl (C=O) groups excluding carboxylic acids is 1. The van der Waals surface area contributed by atoms with E-state index in [9.17, 15) is 4.79 Å². The van der Waals surface area contributed by atoms with Crippen molar-refractivity contribution in [3.8, 4) is 0 Å². The van der Waals surface area contributed by atoms with Crippen LogP contribution in [-0.4, -0.2) is 24.4 Å². The topological polar surface area (TPSA) is 58.4 Å². The second-order valence-electron chi connectivity index (χ2n) is 4.82. The van der Waals surface area contributed by atoms with Crippen molar-refractivity contribution in [2.45, 2.75) is 19.8 Å². The minimum Gasteiger partial charge on any atom is -0.341 e. The van der Waals surface area contributed by atoms with Crippen molar-refractivity contribution in [3.05, 3.63) is 29.3 Å². The molecule has 0 radical (unpaired) electrons. The number of nitrogens with two attached hydrogens (primary N) is 1. The lowest BCUT2D eigenvalue weighted by atomic mass is 10.1. The van der Waals surface area contributed by atoms with Gasteiger partial charge in [-0.15, -0.1) is 0 Å². The van der Waals surface area contributed by atoms with Crippen LogP contribution in [0.25, 0.3) is 0 Å². The van der Waals surface area contributed by atoms with E-state index >= 15 is 0 Å². The normalized spacial score (nSPS) is 14.5. The lowest BCUT2D eigenvalue weighted by Crippen LogP contribution is -2.29. The van der Waals surface area contributed by atoms with Gasteiger partial charge in [0.2, 0.25) is 0 Å². The highest BCUT2D eigenvalue weighted by molar-refractivity contribution is 5.99. The molecule has 92 valence electrons. The van der Waals surface area contributed by atoms with Gasteiger partial charge in [-0.2, -0.15) is 0 Å². The van der Waals surface area contributed by atoms with Crippen LogP contribution in [0.3, 0.4) is 0 Å². The molecule has 0 unspecified atom stereocenters. The zero-order valence-electron chi connectivity index (χ0n) is 10.4. The summed E-state index contributed by atoms with van der Waals surface area (Å²) in [6.07, 6.45) is 2.49. The van der Waals surface area contributed by atoms with Gasteiger partial charge in [0.1, 0.15) is 0 Å². The first kappa shape index (κ1) is 11.9. The zero-order valence-corrected chi connectivity index (χ0v) is 10.4. The number of hydrogen-bond donors (Lipinski definition) is 2. The number of nitrogen functional groups attached to an aromatic ring is 1. The number of carbonyl (C=O) groups is 1. The van der Waals surface area contributed by atoms with Gasteiger partial charge in [0, 0.05) is 13.6 Å². The summed E-state index contributed by atoms with van der Waals surface area (Å²) >= 11 is 0. The third-order valence-electron chi connectivity index (χ3n) is 3.14. The zero-order chi connectivity index (χ0) is 12.4. The van der Waals surface area contributed by atoms with Gasteiger partial charge in [-0.25, -0.2) is 0 Å². The van der Waals surface area contributed by atoms with Gasteiger partial charge in [-0.1, -0.05) is 6.07 Å². The van der Waals surface area contributed by atoms with Crippen molar-refractivity contribution in [1.82, 2.24) is 4.90 Å². The predicted molar refractivity (Wildman–Crippen MR) is 68.7 cm³/mol. The first-order chi connectivity index (χ1) is 8.11. The highest BCUT2D eigenvalue weighted by Gasteiger charge is 2.25. The van der Waals surface area contributed by atoms with Crippen molar-refractivity contribution in [2.75, 3.05) is 19.0 Å². The maximum Gasteiger partial charge on any atom is 0.255 e. The van der Waals surface area contributed by atoms with Crippen molar-refractivity contribution < 1.29 is 4.79 Å². The van der Waals surface area contributed by atoms with Crippen molar-refractivity contribution >= 4 is 11.6 Å². The Bertz CT molecular complexity index is 427. The first-order valence-electron chi connectivity index (χ1n) is 5.94. The van der Waals surface area contributed by atoms with Gasteiger partial charge in [-0.3, -0.25) is 10.6 Å². The van der Waals surface area contributed by atoms with Gasteiger partial charge in [0.15, 0.2) is 0 Å². The van der Waals surface area contributed by atoms with E-state index in [1.54, 1.807) is 4.90 Å². The van der Waals surface area contributed by atoms with Crippen molar-refractivity contribution in [2.24, 2.45) is 11.8 Å².